The molecule has 0 aliphatic carbocycles. The topological polar surface area (TPSA) is 37.3 Å². The van der Waals surface area contributed by atoms with Crippen molar-refractivity contribution in [2.45, 2.75) is 30.4 Å². The first-order valence-electron chi connectivity index (χ1n) is 4.57. The van der Waals surface area contributed by atoms with Crippen LogP contribution in [-0.2, 0) is 10.8 Å². The Morgan fingerprint density at radius 2 is 1.79 bits per heavy atom. The molecule has 1 rings (SSSR count). The van der Waals surface area contributed by atoms with Crippen molar-refractivity contribution in [2.75, 3.05) is 6.61 Å². The van der Waals surface area contributed by atoms with Gasteiger partial charge >= 0.3 is 0 Å². The van der Waals surface area contributed by atoms with Gasteiger partial charge in [-0.05, 0) is 32.9 Å². The number of benzene rings is 1. The van der Waals surface area contributed by atoms with Gasteiger partial charge in [-0.2, -0.15) is 0 Å². The monoisotopic (exact) mass is 212 g/mol. The van der Waals surface area contributed by atoms with E-state index in [0.717, 1.165) is 10.5 Å². The normalized spacial score (nSPS) is 14.0. The van der Waals surface area contributed by atoms with Gasteiger partial charge in [-0.25, -0.2) is 0 Å². The Morgan fingerprint density at radius 3 is 2.21 bits per heavy atom. The summed E-state index contributed by atoms with van der Waals surface area (Å²) in [6.07, 6.45) is 0. The molecule has 1 unspecified atom stereocenters. The van der Waals surface area contributed by atoms with Gasteiger partial charge in [-0.15, -0.1) is 0 Å². The van der Waals surface area contributed by atoms with Crippen LogP contribution in [0.4, 0.5) is 0 Å². The Morgan fingerprint density at radius 1 is 1.29 bits per heavy atom. The van der Waals surface area contributed by atoms with Gasteiger partial charge in [0.05, 0.1) is 22.2 Å². The van der Waals surface area contributed by atoms with Crippen LogP contribution >= 0.6 is 0 Å². The summed E-state index contributed by atoms with van der Waals surface area (Å²) in [4.78, 5) is 0.773. The Hall–Kier alpha value is -0.670. The molecule has 0 spiro atoms. The van der Waals surface area contributed by atoms with E-state index in [4.69, 9.17) is 5.11 Å². The Kier molecular flexibility index (Phi) is 3.45. The van der Waals surface area contributed by atoms with Gasteiger partial charge in [0.15, 0.2) is 0 Å². The maximum Gasteiger partial charge on any atom is 0.0679 e. The third-order valence-electron chi connectivity index (χ3n) is 2.12. The molecule has 3 heteroatoms. The van der Waals surface area contributed by atoms with Crippen LogP contribution in [0.5, 0.6) is 0 Å². The van der Waals surface area contributed by atoms with Crippen molar-refractivity contribution in [3.05, 3.63) is 29.8 Å². The molecule has 0 aliphatic heterocycles. The maximum absolute atomic E-state index is 12.0. The molecule has 14 heavy (non-hydrogen) atoms. The van der Waals surface area contributed by atoms with Crippen LogP contribution in [0.15, 0.2) is 29.2 Å². The van der Waals surface area contributed by atoms with E-state index in [0.29, 0.717) is 0 Å². The van der Waals surface area contributed by atoms with Gasteiger partial charge < -0.3 is 5.11 Å². The first kappa shape index (κ1) is 11.4. The zero-order valence-corrected chi connectivity index (χ0v) is 9.60. The highest BCUT2D eigenvalue weighted by molar-refractivity contribution is 7.86. The Labute approximate surface area is 87.4 Å². The molecule has 0 saturated carbocycles. The summed E-state index contributed by atoms with van der Waals surface area (Å²) < 4.78 is 11.4. The summed E-state index contributed by atoms with van der Waals surface area (Å²) in [7, 11) is -1.15. The summed E-state index contributed by atoms with van der Waals surface area (Å²) in [5.41, 5.74) is 1.15. The van der Waals surface area contributed by atoms with Gasteiger partial charge in [0, 0.05) is 4.90 Å². The zero-order chi connectivity index (χ0) is 10.8. The minimum Gasteiger partial charge on any atom is -0.395 e. The molecule has 0 radical (unpaired) electrons. The molecule has 0 heterocycles. The summed E-state index contributed by atoms with van der Waals surface area (Å²) in [5.74, 6) is 0. The van der Waals surface area contributed by atoms with Crippen LogP contribution in [0.2, 0.25) is 0 Å². The third kappa shape index (κ3) is 2.42. The molecule has 0 fully saturated rings. The van der Waals surface area contributed by atoms with Crippen molar-refractivity contribution >= 4 is 10.8 Å². The molecule has 0 aromatic heterocycles. The molecule has 0 bridgehead atoms. The molecular weight excluding hydrogens is 196 g/mol. The van der Waals surface area contributed by atoms with Crippen LogP contribution < -0.4 is 0 Å². The summed E-state index contributed by atoms with van der Waals surface area (Å²) >= 11 is 0. The minimum atomic E-state index is -1.15. The predicted octanol–water partition coefficient (Wildman–Crippen LogP) is 1.87. The Bertz CT molecular complexity index is 328. The summed E-state index contributed by atoms with van der Waals surface area (Å²) in [5, 5.41) is 9.09. The molecule has 1 aromatic rings. The molecule has 2 nitrogen and oxygen atoms in total. The van der Waals surface area contributed by atoms with Crippen LogP contribution in [-0.4, -0.2) is 20.7 Å². The van der Waals surface area contributed by atoms with E-state index in [1.165, 1.54) is 0 Å². The first-order valence-corrected chi connectivity index (χ1v) is 5.72. The Balaban J connectivity index is 2.96. The van der Waals surface area contributed by atoms with Crippen molar-refractivity contribution in [3.63, 3.8) is 0 Å². The number of aliphatic hydroxyl groups is 1. The quantitative estimate of drug-likeness (QED) is 0.830. The summed E-state index contributed by atoms with van der Waals surface area (Å²) in [6, 6.07) is 7.56. The van der Waals surface area contributed by atoms with Gasteiger partial charge in [-0.3, -0.25) is 4.21 Å². The fourth-order valence-electron chi connectivity index (χ4n) is 1.04. The molecule has 1 atom stereocenters. The molecule has 1 aromatic carbocycles. The van der Waals surface area contributed by atoms with Crippen molar-refractivity contribution in [3.8, 4) is 0 Å². The molecule has 0 aliphatic rings. The maximum atomic E-state index is 12.0. The molecular formula is C11H16O2S. The van der Waals surface area contributed by atoms with Crippen molar-refractivity contribution in [2.24, 2.45) is 0 Å². The highest BCUT2D eigenvalue weighted by Crippen LogP contribution is 2.20. The van der Waals surface area contributed by atoms with Gasteiger partial charge in [0.1, 0.15) is 0 Å². The lowest BCUT2D eigenvalue weighted by Crippen LogP contribution is -2.30. The standard InChI is InChI=1S/C11H16O2S/c1-9-4-6-10(7-5-9)14(13)11(2,3)8-12/h4-7,12H,8H2,1-3H3. The molecule has 1 N–H and O–H groups in total. The average molecular weight is 212 g/mol. The fraction of sp³-hybridized carbons (Fsp3) is 0.455. The lowest BCUT2D eigenvalue weighted by Gasteiger charge is -2.20. The van der Waals surface area contributed by atoms with Gasteiger partial charge in [0.2, 0.25) is 0 Å². The molecule has 0 saturated heterocycles. The smallest absolute Gasteiger partial charge is 0.0679 e. The van der Waals surface area contributed by atoms with E-state index in [1.54, 1.807) is 13.8 Å². The molecule has 0 amide bonds. The number of hydrogen-bond acceptors (Lipinski definition) is 2. The van der Waals surface area contributed by atoms with Gasteiger partial charge in [-0.1, -0.05) is 17.7 Å². The van der Waals surface area contributed by atoms with Crippen molar-refractivity contribution in [1.82, 2.24) is 0 Å². The number of aryl methyl sites for hydroxylation is 1. The zero-order valence-electron chi connectivity index (χ0n) is 8.78. The number of aliphatic hydroxyl groups excluding tert-OH is 1. The lowest BCUT2D eigenvalue weighted by molar-refractivity contribution is 0.262. The minimum absolute atomic E-state index is 0.0759. The largest absolute Gasteiger partial charge is 0.395 e. The fourth-order valence-corrected chi connectivity index (χ4v) is 2.18. The number of rotatable bonds is 3. The second kappa shape index (κ2) is 4.24. The van der Waals surface area contributed by atoms with Gasteiger partial charge in [0.25, 0.3) is 0 Å². The highest BCUT2D eigenvalue weighted by atomic mass is 32.2. The van der Waals surface area contributed by atoms with Crippen molar-refractivity contribution < 1.29 is 9.32 Å². The SMILES string of the molecule is Cc1ccc(S(=O)C(C)(C)CO)cc1. The van der Waals surface area contributed by atoms with E-state index in [2.05, 4.69) is 0 Å². The van der Waals surface area contributed by atoms with E-state index in [9.17, 15) is 4.21 Å². The van der Waals surface area contributed by atoms with Crippen LogP contribution in [0.25, 0.3) is 0 Å². The van der Waals surface area contributed by atoms with E-state index >= 15 is 0 Å². The lowest BCUT2D eigenvalue weighted by atomic mass is 10.2. The average Bonchev–Trinajstić information content (AvgIpc) is 2.18. The van der Waals surface area contributed by atoms with Crippen molar-refractivity contribution in [1.29, 1.82) is 0 Å². The predicted molar refractivity (Wildman–Crippen MR) is 58.8 cm³/mol. The van der Waals surface area contributed by atoms with E-state index in [-0.39, 0.29) is 6.61 Å². The second-order valence-electron chi connectivity index (χ2n) is 4.00. The third-order valence-corrected chi connectivity index (χ3v) is 3.95. The number of hydrogen-bond donors (Lipinski definition) is 1. The van der Waals surface area contributed by atoms with Crippen LogP contribution in [0.1, 0.15) is 19.4 Å². The molecule has 78 valence electrons. The van der Waals surface area contributed by atoms with E-state index in [1.807, 2.05) is 31.2 Å². The summed E-state index contributed by atoms with van der Waals surface area (Å²) in [6.45, 7) is 5.50. The highest BCUT2D eigenvalue weighted by Gasteiger charge is 2.25. The van der Waals surface area contributed by atoms with E-state index < -0.39 is 15.5 Å². The second-order valence-corrected chi connectivity index (χ2v) is 6.11. The first-order chi connectivity index (χ1) is 6.47. The van der Waals surface area contributed by atoms with Crippen LogP contribution in [0, 0.1) is 6.92 Å². The van der Waals surface area contributed by atoms with Crippen LogP contribution in [0.3, 0.4) is 0 Å².